The maximum absolute atomic E-state index is 12.4. The van der Waals surface area contributed by atoms with E-state index in [0.29, 0.717) is 10.9 Å². The van der Waals surface area contributed by atoms with Crippen molar-refractivity contribution in [2.24, 2.45) is 0 Å². The van der Waals surface area contributed by atoms with E-state index in [9.17, 15) is 4.79 Å². The molecule has 25 heavy (non-hydrogen) atoms. The lowest BCUT2D eigenvalue weighted by Crippen LogP contribution is -2.49. The quantitative estimate of drug-likeness (QED) is 0.791. The van der Waals surface area contributed by atoms with Gasteiger partial charge < -0.3 is 14.5 Å². The van der Waals surface area contributed by atoms with Crippen molar-refractivity contribution in [3.05, 3.63) is 30.1 Å². The fourth-order valence-electron chi connectivity index (χ4n) is 2.73. The van der Waals surface area contributed by atoms with Crippen LogP contribution >= 0.6 is 11.8 Å². The zero-order valence-corrected chi connectivity index (χ0v) is 15.4. The van der Waals surface area contributed by atoms with Crippen LogP contribution in [0.4, 0.5) is 5.69 Å². The molecule has 1 aliphatic heterocycles. The van der Waals surface area contributed by atoms with Gasteiger partial charge in [0.15, 0.2) is 0 Å². The number of rotatable bonds is 6. The molecular formula is C17H23N5O2S. The van der Waals surface area contributed by atoms with Gasteiger partial charge in [0, 0.05) is 38.3 Å². The maximum Gasteiger partial charge on any atom is 0.233 e. The fourth-order valence-corrected chi connectivity index (χ4v) is 3.45. The topological polar surface area (TPSA) is 74.3 Å². The van der Waals surface area contributed by atoms with Gasteiger partial charge in [0.05, 0.1) is 12.9 Å². The molecule has 7 nitrogen and oxygen atoms in total. The van der Waals surface area contributed by atoms with Gasteiger partial charge in [0.25, 0.3) is 0 Å². The number of aryl methyl sites for hydroxylation is 1. The number of hydrogen-bond donors (Lipinski definition) is 1. The molecular weight excluding hydrogens is 338 g/mol. The normalized spacial score (nSPS) is 14.6. The molecule has 0 unspecified atom stereocenters. The van der Waals surface area contributed by atoms with Crippen LogP contribution < -0.4 is 9.64 Å². The Labute approximate surface area is 151 Å². The Balaban J connectivity index is 1.46. The predicted molar refractivity (Wildman–Crippen MR) is 98.3 cm³/mol. The second-order valence-electron chi connectivity index (χ2n) is 5.77. The number of piperazine rings is 1. The van der Waals surface area contributed by atoms with Crippen LogP contribution in [0.1, 0.15) is 12.7 Å². The van der Waals surface area contributed by atoms with E-state index < -0.39 is 0 Å². The lowest BCUT2D eigenvalue weighted by Gasteiger charge is -2.36. The second-order valence-corrected chi connectivity index (χ2v) is 6.72. The van der Waals surface area contributed by atoms with Gasteiger partial charge in [-0.05, 0) is 24.3 Å². The van der Waals surface area contributed by atoms with Gasteiger partial charge in [-0.1, -0.05) is 18.7 Å². The van der Waals surface area contributed by atoms with E-state index in [1.807, 2.05) is 24.0 Å². The maximum atomic E-state index is 12.4. The first-order valence-corrected chi connectivity index (χ1v) is 9.39. The number of aromatic nitrogens is 3. The number of nitrogens with zero attached hydrogens (tertiary/aromatic N) is 4. The van der Waals surface area contributed by atoms with Crippen LogP contribution in [0.2, 0.25) is 0 Å². The number of benzene rings is 1. The minimum Gasteiger partial charge on any atom is -0.497 e. The van der Waals surface area contributed by atoms with Crippen LogP contribution in [0, 0.1) is 0 Å². The average molecular weight is 361 g/mol. The van der Waals surface area contributed by atoms with Gasteiger partial charge >= 0.3 is 0 Å². The molecule has 1 aliphatic rings. The SMILES string of the molecule is CCc1nc(SCC(=O)N2CCN(c3ccc(OC)cc3)CC2)n[nH]1. The molecule has 1 saturated heterocycles. The Morgan fingerprint density at radius 3 is 2.56 bits per heavy atom. The van der Waals surface area contributed by atoms with Crippen molar-refractivity contribution < 1.29 is 9.53 Å². The summed E-state index contributed by atoms with van der Waals surface area (Å²) in [4.78, 5) is 20.9. The molecule has 1 aromatic carbocycles. The van der Waals surface area contributed by atoms with Gasteiger partial charge in [-0.3, -0.25) is 9.89 Å². The van der Waals surface area contributed by atoms with E-state index in [1.165, 1.54) is 11.8 Å². The van der Waals surface area contributed by atoms with Gasteiger partial charge in [0.2, 0.25) is 11.1 Å². The summed E-state index contributed by atoms with van der Waals surface area (Å²) in [5.41, 5.74) is 1.16. The highest BCUT2D eigenvalue weighted by Gasteiger charge is 2.21. The number of carbonyl (C=O) groups is 1. The van der Waals surface area contributed by atoms with Crippen molar-refractivity contribution in [1.29, 1.82) is 0 Å². The Kier molecular flexibility index (Phi) is 5.80. The van der Waals surface area contributed by atoms with Crippen LogP contribution in [-0.2, 0) is 11.2 Å². The van der Waals surface area contributed by atoms with Gasteiger partial charge in [-0.15, -0.1) is 5.10 Å². The van der Waals surface area contributed by atoms with Crippen molar-refractivity contribution >= 4 is 23.4 Å². The summed E-state index contributed by atoms with van der Waals surface area (Å²) >= 11 is 1.39. The molecule has 0 atom stereocenters. The van der Waals surface area contributed by atoms with Crippen LogP contribution in [-0.4, -0.2) is 65.0 Å². The predicted octanol–water partition coefficient (Wildman–Crippen LogP) is 1.82. The van der Waals surface area contributed by atoms with Crippen molar-refractivity contribution in [2.45, 2.75) is 18.5 Å². The zero-order chi connectivity index (χ0) is 17.6. The molecule has 134 valence electrons. The summed E-state index contributed by atoms with van der Waals surface area (Å²) in [5, 5.41) is 7.62. The molecule has 1 amide bonds. The van der Waals surface area contributed by atoms with Crippen LogP contribution in [0.3, 0.4) is 0 Å². The first-order valence-electron chi connectivity index (χ1n) is 8.40. The molecule has 1 aromatic heterocycles. The minimum atomic E-state index is 0.141. The van der Waals surface area contributed by atoms with Gasteiger partial charge in [0.1, 0.15) is 11.6 Å². The number of ether oxygens (including phenoxy) is 1. The number of anilines is 1. The van der Waals surface area contributed by atoms with Crippen molar-refractivity contribution in [2.75, 3.05) is 43.9 Å². The largest absolute Gasteiger partial charge is 0.497 e. The summed E-state index contributed by atoms with van der Waals surface area (Å²) < 4.78 is 5.19. The molecule has 0 spiro atoms. The second kappa shape index (κ2) is 8.24. The van der Waals surface area contributed by atoms with Crippen LogP contribution in [0.5, 0.6) is 5.75 Å². The summed E-state index contributed by atoms with van der Waals surface area (Å²) in [6.45, 7) is 5.16. The number of nitrogens with one attached hydrogen (secondary N) is 1. The third-order valence-corrected chi connectivity index (χ3v) is 5.07. The number of aromatic amines is 1. The first-order chi connectivity index (χ1) is 12.2. The average Bonchev–Trinajstić information content (AvgIpc) is 3.14. The molecule has 1 fully saturated rings. The summed E-state index contributed by atoms with van der Waals surface area (Å²) in [6, 6.07) is 8.04. The Hall–Kier alpha value is -2.22. The summed E-state index contributed by atoms with van der Waals surface area (Å²) in [7, 11) is 1.67. The van der Waals surface area contributed by atoms with Gasteiger partial charge in [-0.2, -0.15) is 0 Å². The minimum absolute atomic E-state index is 0.141. The molecule has 0 radical (unpaired) electrons. The lowest BCUT2D eigenvalue weighted by atomic mass is 10.2. The molecule has 2 heterocycles. The van der Waals surface area contributed by atoms with E-state index in [2.05, 4.69) is 32.2 Å². The molecule has 3 rings (SSSR count). The van der Waals surface area contributed by atoms with E-state index in [0.717, 1.165) is 49.9 Å². The van der Waals surface area contributed by atoms with E-state index in [4.69, 9.17) is 4.74 Å². The smallest absolute Gasteiger partial charge is 0.233 e. The van der Waals surface area contributed by atoms with Crippen LogP contribution in [0.15, 0.2) is 29.4 Å². The molecule has 1 N–H and O–H groups in total. The van der Waals surface area contributed by atoms with Crippen molar-refractivity contribution in [1.82, 2.24) is 20.1 Å². The number of amides is 1. The highest BCUT2D eigenvalue weighted by molar-refractivity contribution is 7.99. The number of H-pyrrole nitrogens is 1. The highest BCUT2D eigenvalue weighted by atomic mass is 32.2. The van der Waals surface area contributed by atoms with E-state index >= 15 is 0 Å². The number of methoxy groups -OCH3 is 1. The number of hydrogen-bond acceptors (Lipinski definition) is 6. The molecule has 2 aromatic rings. The Morgan fingerprint density at radius 2 is 1.96 bits per heavy atom. The first kappa shape index (κ1) is 17.6. The van der Waals surface area contributed by atoms with Crippen molar-refractivity contribution in [3.8, 4) is 5.75 Å². The molecule has 0 saturated carbocycles. The molecule has 0 bridgehead atoms. The van der Waals surface area contributed by atoms with E-state index in [1.54, 1.807) is 7.11 Å². The molecule has 8 heteroatoms. The number of carbonyl (C=O) groups excluding carboxylic acids is 1. The van der Waals surface area contributed by atoms with Crippen molar-refractivity contribution in [3.63, 3.8) is 0 Å². The van der Waals surface area contributed by atoms with Crippen LogP contribution in [0.25, 0.3) is 0 Å². The summed E-state index contributed by atoms with van der Waals surface area (Å²) in [6.07, 6.45) is 0.814. The summed E-state index contributed by atoms with van der Waals surface area (Å²) in [5.74, 6) is 2.22. The monoisotopic (exact) mass is 361 g/mol. The third-order valence-electron chi connectivity index (χ3n) is 4.24. The fraction of sp³-hybridized carbons (Fsp3) is 0.471. The zero-order valence-electron chi connectivity index (χ0n) is 14.6. The van der Waals surface area contributed by atoms with E-state index in [-0.39, 0.29) is 5.91 Å². The molecule has 0 aliphatic carbocycles. The Morgan fingerprint density at radius 1 is 1.24 bits per heavy atom. The highest BCUT2D eigenvalue weighted by Crippen LogP contribution is 2.21. The lowest BCUT2D eigenvalue weighted by molar-refractivity contribution is -0.128. The third kappa shape index (κ3) is 4.45. The standard InChI is InChI=1S/C17H23N5O2S/c1-3-15-18-17(20-19-15)25-12-16(23)22-10-8-21(9-11-22)13-4-6-14(24-2)7-5-13/h4-7H,3,8-12H2,1-2H3,(H,18,19,20). The Bertz CT molecular complexity index is 695. The van der Waals surface area contributed by atoms with Gasteiger partial charge in [-0.25, -0.2) is 4.98 Å². The number of thioether (sulfide) groups is 1.